The lowest BCUT2D eigenvalue weighted by Gasteiger charge is -2.32. The Labute approximate surface area is 145 Å². The number of hydrogen-bond donors (Lipinski definition) is 1. The van der Waals surface area contributed by atoms with E-state index in [1.54, 1.807) is 6.20 Å². The van der Waals surface area contributed by atoms with Crippen molar-refractivity contribution in [3.63, 3.8) is 0 Å². The maximum absolute atomic E-state index is 12.3. The number of amides is 1. The van der Waals surface area contributed by atoms with Crippen molar-refractivity contribution in [2.24, 2.45) is 0 Å². The van der Waals surface area contributed by atoms with Gasteiger partial charge in [0, 0.05) is 38.1 Å². The number of rotatable bonds is 4. The molecule has 4 nitrogen and oxygen atoms in total. The van der Waals surface area contributed by atoms with Crippen molar-refractivity contribution in [2.45, 2.75) is 32.4 Å². The molecule has 1 aliphatic heterocycles. The molecule has 3 rings (SSSR count). The number of nitrogens with zero attached hydrogens (tertiary/aromatic N) is 2. The van der Waals surface area contributed by atoms with Gasteiger partial charge in [-0.15, -0.1) is 11.3 Å². The molecule has 0 saturated carbocycles. The van der Waals surface area contributed by atoms with Crippen LogP contribution < -0.4 is 5.32 Å². The van der Waals surface area contributed by atoms with E-state index >= 15 is 0 Å². The second-order valence-electron chi connectivity index (χ2n) is 5.95. The SMILES string of the molecule is Cc1csc(C(=O)NC2CCN(Cc3cccnc3)CC2)c1Cl. The number of aromatic nitrogens is 1. The maximum Gasteiger partial charge on any atom is 0.263 e. The molecular weight excluding hydrogens is 330 g/mol. The molecule has 23 heavy (non-hydrogen) atoms. The van der Waals surface area contributed by atoms with Crippen LogP contribution in [0.25, 0.3) is 0 Å². The molecule has 0 aliphatic carbocycles. The molecule has 1 aliphatic rings. The van der Waals surface area contributed by atoms with Crippen LogP contribution in [0.15, 0.2) is 29.9 Å². The predicted molar refractivity (Wildman–Crippen MR) is 94.1 cm³/mol. The molecule has 3 heterocycles. The molecule has 0 bridgehead atoms. The molecule has 0 spiro atoms. The maximum atomic E-state index is 12.3. The first-order valence-corrected chi connectivity index (χ1v) is 9.05. The Morgan fingerprint density at radius 2 is 2.26 bits per heavy atom. The molecule has 6 heteroatoms. The van der Waals surface area contributed by atoms with E-state index in [1.807, 2.05) is 24.6 Å². The topological polar surface area (TPSA) is 45.2 Å². The van der Waals surface area contributed by atoms with Gasteiger partial charge in [-0.1, -0.05) is 17.7 Å². The standard InChI is InChI=1S/C17H20ClN3OS/c1-12-11-23-16(15(12)18)17(22)20-14-4-7-21(8-5-14)10-13-3-2-6-19-9-13/h2-3,6,9,11,14H,4-5,7-8,10H2,1H3,(H,20,22). The van der Waals surface area contributed by atoms with Crippen molar-refractivity contribution in [1.29, 1.82) is 0 Å². The summed E-state index contributed by atoms with van der Waals surface area (Å²) in [6, 6.07) is 4.29. The van der Waals surface area contributed by atoms with E-state index in [4.69, 9.17) is 11.6 Å². The monoisotopic (exact) mass is 349 g/mol. The Morgan fingerprint density at radius 1 is 1.48 bits per heavy atom. The molecule has 1 saturated heterocycles. The number of thiophene rings is 1. The Kier molecular flexibility index (Phi) is 5.30. The van der Waals surface area contributed by atoms with Crippen molar-refractivity contribution in [3.05, 3.63) is 50.9 Å². The minimum absolute atomic E-state index is 0.0428. The lowest BCUT2D eigenvalue weighted by atomic mass is 10.0. The number of likely N-dealkylation sites (tertiary alicyclic amines) is 1. The summed E-state index contributed by atoms with van der Waals surface area (Å²) in [6.45, 7) is 4.81. The fourth-order valence-electron chi connectivity index (χ4n) is 2.82. The summed E-state index contributed by atoms with van der Waals surface area (Å²) in [6.07, 6.45) is 5.64. The molecule has 2 aromatic rings. The van der Waals surface area contributed by atoms with E-state index in [-0.39, 0.29) is 11.9 Å². The highest BCUT2D eigenvalue weighted by Gasteiger charge is 2.23. The summed E-state index contributed by atoms with van der Waals surface area (Å²) in [7, 11) is 0. The number of carbonyl (C=O) groups is 1. The van der Waals surface area contributed by atoms with Crippen LogP contribution in [0.2, 0.25) is 5.02 Å². The first kappa shape index (κ1) is 16.4. The largest absolute Gasteiger partial charge is 0.348 e. The summed E-state index contributed by atoms with van der Waals surface area (Å²) >= 11 is 7.58. The van der Waals surface area contributed by atoms with Gasteiger partial charge in [-0.2, -0.15) is 0 Å². The van der Waals surface area contributed by atoms with E-state index in [0.29, 0.717) is 9.90 Å². The molecule has 1 amide bonds. The second kappa shape index (κ2) is 7.43. The van der Waals surface area contributed by atoms with Crippen LogP contribution in [0.3, 0.4) is 0 Å². The summed E-state index contributed by atoms with van der Waals surface area (Å²) in [5, 5.41) is 5.63. The Bertz CT molecular complexity index is 666. The molecule has 122 valence electrons. The summed E-state index contributed by atoms with van der Waals surface area (Å²) < 4.78 is 0. The summed E-state index contributed by atoms with van der Waals surface area (Å²) in [4.78, 5) is 19.5. The number of pyridine rings is 1. The summed E-state index contributed by atoms with van der Waals surface area (Å²) in [5.41, 5.74) is 2.20. The molecule has 2 aromatic heterocycles. The van der Waals surface area contributed by atoms with Crippen molar-refractivity contribution < 1.29 is 4.79 Å². The van der Waals surface area contributed by atoms with Crippen LogP contribution in [0, 0.1) is 6.92 Å². The fourth-order valence-corrected chi connectivity index (χ4v) is 4.00. The first-order chi connectivity index (χ1) is 11.1. The van der Waals surface area contributed by atoms with Gasteiger partial charge in [0.1, 0.15) is 4.88 Å². The highest BCUT2D eigenvalue weighted by Crippen LogP contribution is 2.27. The van der Waals surface area contributed by atoms with E-state index in [1.165, 1.54) is 16.9 Å². The van der Waals surface area contributed by atoms with E-state index in [0.717, 1.165) is 38.0 Å². The van der Waals surface area contributed by atoms with Crippen molar-refractivity contribution in [3.8, 4) is 0 Å². The third-order valence-electron chi connectivity index (χ3n) is 4.16. The smallest absolute Gasteiger partial charge is 0.263 e. The number of piperidine rings is 1. The highest BCUT2D eigenvalue weighted by molar-refractivity contribution is 7.13. The Balaban J connectivity index is 1.49. The zero-order valence-electron chi connectivity index (χ0n) is 13.1. The average Bonchev–Trinajstić information content (AvgIpc) is 2.90. The van der Waals surface area contributed by atoms with Crippen LogP contribution >= 0.6 is 22.9 Å². The van der Waals surface area contributed by atoms with E-state index in [9.17, 15) is 4.79 Å². The first-order valence-electron chi connectivity index (χ1n) is 7.79. The van der Waals surface area contributed by atoms with Gasteiger partial charge >= 0.3 is 0 Å². The lowest BCUT2D eigenvalue weighted by molar-refractivity contribution is 0.0913. The Morgan fingerprint density at radius 3 is 2.87 bits per heavy atom. The zero-order chi connectivity index (χ0) is 16.2. The molecule has 0 unspecified atom stereocenters. The van der Waals surface area contributed by atoms with Gasteiger partial charge in [-0.05, 0) is 42.3 Å². The molecule has 1 fully saturated rings. The average molecular weight is 350 g/mol. The van der Waals surface area contributed by atoms with Gasteiger partial charge in [-0.3, -0.25) is 14.7 Å². The van der Waals surface area contributed by atoms with Crippen LogP contribution in [-0.2, 0) is 6.54 Å². The van der Waals surface area contributed by atoms with Gasteiger partial charge in [-0.25, -0.2) is 0 Å². The third-order valence-corrected chi connectivity index (χ3v) is 5.85. The van der Waals surface area contributed by atoms with Crippen molar-refractivity contribution in [2.75, 3.05) is 13.1 Å². The summed E-state index contributed by atoms with van der Waals surface area (Å²) in [5.74, 6) is -0.0428. The van der Waals surface area contributed by atoms with E-state index in [2.05, 4.69) is 21.3 Å². The fraction of sp³-hybridized carbons (Fsp3) is 0.412. The molecule has 0 aromatic carbocycles. The second-order valence-corrected chi connectivity index (χ2v) is 7.20. The van der Waals surface area contributed by atoms with Crippen LogP contribution in [0.5, 0.6) is 0 Å². The van der Waals surface area contributed by atoms with Gasteiger partial charge in [0.25, 0.3) is 5.91 Å². The minimum atomic E-state index is -0.0428. The number of halogens is 1. The van der Waals surface area contributed by atoms with Crippen LogP contribution in [0.4, 0.5) is 0 Å². The predicted octanol–water partition coefficient (Wildman–Crippen LogP) is 3.50. The number of nitrogens with one attached hydrogen (secondary N) is 1. The van der Waals surface area contributed by atoms with Crippen molar-refractivity contribution >= 4 is 28.8 Å². The zero-order valence-corrected chi connectivity index (χ0v) is 14.7. The van der Waals surface area contributed by atoms with Crippen LogP contribution in [-0.4, -0.2) is 34.9 Å². The third kappa shape index (κ3) is 4.10. The van der Waals surface area contributed by atoms with Gasteiger partial charge in [0.05, 0.1) is 5.02 Å². The lowest BCUT2D eigenvalue weighted by Crippen LogP contribution is -2.44. The molecule has 0 radical (unpaired) electrons. The number of carbonyl (C=O) groups excluding carboxylic acids is 1. The minimum Gasteiger partial charge on any atom is -0.348 e. The number of aryl methyl sites for hydroxylation is 1. The number of hydrogen-bond acceptors (Lipinski definition) is 4. The normalized spacial score (nSPS) is 16.4. The van der Waals surface area contributed by atoms with E-state index < -0.39 is 0 Å². The molecule has 1 N–H and O–H groups in total. The van der Waals surface area contributed by atoms with Crippen LogP contribution in [0.1, 0.15) is 33.6 Å². The van der Waals surface area contributed by atoms with Gasteiger partial charge in [0.15, 0.2) is 0 Å². The van der Waals surface area contributed by atoms with Crippen molar-refractivity contribution in [1.82, 2.24) is 15.2 Å². The molecular formula is C17H20ClN3OS. The van der Waals surface area contributed by atoms with Gasteiger partial charge < -0.3 is 5.32 Å². The Hall–Kier alpha value is -1.43. The van der Waals surface area contributed by atoms with Gasteiger partial charge in [0.2, 0.25) is 0 Å². The quantitative estimate of drug-likeness (QED) is 0.918. The molecule has 0 atom stereocenters. The highest BCUT2D eigenvalue weighted by atomic mass is 35.5.